The van der Waals surface area contributed by atoms with Crippen LogP contribution in [0.2, 0.25) is 0 Å². The maximum absolute atomic E-state index is 12.2. The summed E-state index contributed by atoms with van der Waals surface area (Å²) in [5.41, 5.74) is 0.809. The number of aromatic nitrogens is 1. The number of nitrogens with zero attached hydrogens (tertiary/aromatic N) is 2. The molecule has 0 aliphatic heterocycles. The summed E-state index contributed by atoms with van der Waals surface area (Å²) in [5, 5.41) is 14.9. The third-order valence-electron chi connectivity index (χ3n) is 3.72. The van der Waals surface area contributed by atoms with Crippen molar-refractivity contribution in [3.05, 3.63) is 21.7 Å². The topological polar surface area (TPSA) is 65.8 Å². The molecule has 1 aliphatic carbocycles. The van der Waals surface area contributed by atoms with Gasteiger partial charge >= 0.3 is 0 Å². The second-order valence-electron chi connectivity index (χ2n) is 5.30. The van der Waals surface area contributed by atoms with Gasteiger partial charge in [-0.3, -0.25) is 4.79 Å². The molecule has 2 rings (SSSR count). The molecule has 1 N–H and O–H groups in total. The Kier molecular flexibility index (Phi) is 4.91. The summed E-state index contributed by atoms with van der Waals surface area (Å²) in [6.07, 6.45) is 6.08. The van der Waals surface area contributed by atoms with E-state index in [0.29, 0.717) is 11.6 Å². The van der Waals surface area contributed by atoms with Gasteiger partial charge in [0.2, 0.25) is 0 Å². The number of nitrogens with one attached hydrogen (secondary N) is 1. The smallest absolute Gasteiger partial charge is 0.262 e. The standard InChI is InChI=1S/C15H19N3OS/c1-10-5-3-4-6-14(10)18-15(19)12(8-16)7-13-9-20-11(2)17-13/h7,9-10,14H,3-6H2,1-2H3,(H,18,19)/b12-7+/t10-,14+/m1/s1. The molecule has 0 spiro atoms. The van der Waals surface area contributed by atoms with E-state index in [-0.39, 0.29) is 17.5 Å². The second-order valence-corrected chi connectivity index (χ2v) is 6.37. The molecular formula is C15H19N3OS. The second kappa shape index (κ2) is 6.67. The molecule has 0 saturated heterocycles. The van der Waals surface area contributed by atoms with Crippen LogP contribution < -0.4 is 5.32 Å². The van der Waals surface area contributed by atoms with Gasteiger partial charge in [-0.05, 0) is 31.8 Å². The van der Waals surface area contributed by atoms with Crippen LogP contribution >= 0.6 is 11.3 Å². The van der Waals surface area contributed by atoms with Gasteiger partial charge in [-0.15, -0.1) is 11.3 Å². The maximum atomic E-state index is 12.2. The molecule has 20 heavy (non-hydrogen) atoms. The fourth-order valence-electron chi connectivity index (χ4n) is 2.52. The summed E-state index contributed by atoms with van der Waals surface area (Å²) >= 11 is 1.51. The molecule has 1 aromatic heterocycles. The van der Waals surface area contributed by atoms with Crippen LogP contribution in [0.5, 0.6) is 0 Å². The average molecular weight is 289 g/mol. The number of carbonyl (C=O) groups excluding carboxylic acids is 1. The monoisotopic (exact) mass is 289 g/mol. The van der Waals surface area contributed by atoms with Gasteiger partial charge < -0.3 is 5.32 Å². The quantitative estimate of drug-likeness (QED) is 0.687. The summed E-state index contributed by atoms with van der Waals surface area (Å²) < 4.78 is 0. The zero-order chi connectivity index (χ0) is 14.5. The molecule has 4 nitrogen and oxygen atoms in total. The Morgan fingerprint density at radius 2 is 2.30 bits per heavy atom. The predicted molar refractivity (Wildman–Crippen MR) is 80.0 cm³/mol. The summed E-state index contributed by atoms with van der Waals surface area (Å²) in [4.78, 5) is 16.4. The first-order chi connectivity index (χ1) is 9.60. The molecule has 106 valence electrons. The van der Waals surface area contributed by atoms with E-state index in [9.17, 15) is 4.79 Å². The minimum Gasteiger partial charge on any atom is -0.348 e. The van der Waals surface area contributed by atoms with Crippen molar-refractivity contribution in [1.82, 2.24) is 10.3 Å². The number of hydrogen-bond donors (Lipinski definition) is 1. The van der Waals surface area contributed by atoms with E-state index in [1.54, 1.807) is 6.08 Å². The van der Waals surface area contributed by atoms with Crippen molar-refractivity contribution in [2.24, 2.45) is 5.92 Å². The predicted octanol–water partition coefficient (Wildman–Crippen LogP) is 3.05. The minimum atomic E-state index is -0.281. The SMILES string of the molecule is Cc1nc(/C=C(\C#N)C(=O)N[C@H]2CCCC[C@H]2C)cs1. The highest BCUT2D eigenvalue weighted by molar-refractivity contribution is 7.09. The number of rotatable bonds is 3. The Morgan fingerprint density at radius 3 is 2.90 bits per heavy atom. The highest BCUT2D eigenvalue weighted by atomic mass is 32.1. The van der Waals surface area contributed by atoms with E-state index in [2.05, 4.69) is 17.2 Å². The zero-order valence-electron chi connectivity index (χ0n) is 11.8. The van der Waals surface area contributed by atoms with E-state index in [4.69, 9.17) is 5.26 Å². The fraction of sp³-hybridized carbons (Fsp3) is 0.533. The van der Waals surface area contributed by atoms with Gasteiger partial charge in [-0.25, -0.2) is 4.98 Å². The molecule has 0 unspecified atom stereocenters. The molecule has 1 saturated carbocycles. The molecule has 1 amide bonds. The lowest BCUT2D eigenvalue weighted by atomic mass is 9.86. The lowest BCUT2D eigenvalue weighted by Crippen LogP contribution is -2.41. The maximum Gasteiger partial charge on any atom is 0.262 e. The first-order valence-corrected chi connectivity index (χ1v) is 7.83. The Bertz CT molecular complexity index is 556. The third-order valence-corrected chi connectivity index (χ3v) is 4.51. The van der Waals surface area contributed by atoms with E-state index in [1.165, 1.54) is 17.8 Å². The molecule has 0 bridgehead atoms. The van der Waals surface area contributed by atoms with Crippen LogP contribution in [0, 0.1) is 24.2 Å². The number of hydrogen-bond acceptors (Lipinski definition) is 4. The van der Waals surface area contributed by atoms with Crippen LogP contribution in [0.15, 0.2) is 11.0 Å². The van der Waals surface area contributed by atoms with Crippen molar-refractivity contribution in [2.45, 2.75) is 45.6 Å². The van der Waals surface area contributed by atoms with E-state index in [0.717, 1.165) is 24.3 Å². The Hall–Kier alpha value is -1.67. The molecule has 2 atom stereocenters. The first kappa shape index (κ1) is 14.7. The zero-order valence-corrected chi connectivity index (χ0v) is 12.7. The summed E-state index contributed by atoms with van der Waals surface area (Å²) in [6, 6.07) is 2.16. The van der Waals surface area contributed by atoms with E-state index < -0.39 is 0 Å². The Morgan fingerprint density at radius 1 is 1.55 bits per heavy atom. The van der Waals surface area contributed by atoms with Gasteiger partial charge in [-0.1, -0.05) is 19.8 Å². The van der Waals surface area contributed by atoms with Gasteiger partial charge in [0, 0.05) is 11.4 Å². The van der Waals surface area contributed by atoms with Crippen molar-refractivity contribution >= 4 is 23.3 Å². The fourth-order valence-corrected chi connectivity index (χ4v) is 3.09. The summed E-state index contributed by atoms with van der Waals surface area (Å²) in [7, 11) is 0. The number of nitriles is 1. The van der Waals surface area contributed by atoms with Gasteiger partial charge in [0.15, 0.2) is 0 Å². The Labute approximate surface area is 123 Å². The summed E-state index contributed by atoms with van der Waals surface area (Å²) in [6.45, 7) is 4.06. The third kappa shape index (κ3) is 3.67. The molecule has 5 heteroatoms. The van der Waals surface area contributed by atoms with Gasteiger partial charge in [0.1, 0.15) is 11.6 Å². The number of carbonyl (C=O) groups is 1. The molecule has 1 aliphatic rings. The van der Waals surface area contributed by atoms with Crippen LogP contribution in [0.1, 0.15) is 43.3 Å². The van der Waals surface area contributed by atoms with Crippen molar-refractivity contribution < 1.29 is 4.79 Å². The van der Waals surface area contributed by atoms with Crippen molar-refractivity contribution in [2.75, 3.05) is 0 Å². The van der Waals surface area contributed by atoms with Crippen LogP contribution in [0.25, 0.3) is 6.08 Å². The molecule has 0 radical (unpaired) electrons. The number of thiazole rings is 1. The normalized spacial score (nSPS) is 23.1. The lowest BCUT2D eigenvalue weighted by Gasteiger charge is -2.29. The molecule has 1 fully saturated rings. The van der Waals surface area contributed by atoms with Gasteiger partial charge in [0.25, 0.3) is 5.91 Å². The summed E-state index contributed by atoms with van der Waals surface area (Å²) in [5.74, 6) is 0.200. The van der Waals surface area contributed by atoms with Crippen molar-refractivity contribution in [3.63, 3.8) is 0 Å². The highest BCUT2D eigenvalue weighted by Crippen LogP contribution is 2.24. The molecule has 1 aromatic rings. The minimum absolute atomic E-state index is 0.132. The van der Waals surface area contributed by atoms with Crippen molar-refractivity contribution in [1.29, 1.82) is 5.26 Å². The Balaban J connectivity index is 2.06. The molecule has 0 aromatic carbocycles. The van der Waals surface area contributed by atoms with E-state index >= 15 is 0 Å². The van der Waals surface area contributed by atoms with Gasteiger partial charge in [-0.2, -0.15) is 5.26 Å². The van der Waals surface area contributed by atoms with Crippen LogP contribution in [0.3, 0.4) is 0 Å². The van der Waals surface area contributed by atoms with Crippen LogP contribution in [-0.2, 0) is 4.79 Å². The average Bonchev–Trinajstić information content (AvgIpc) is 2.84. The van der Waals surface area contributed by atoms with Crippen LogP contribution in [0.4, 0.5) is 0 Å². The van der Waals surface area contributed by atoms with E-state index in [1.807, 2.05) is 18.4 Å². The number of aryl methyl sites for hydroxylation is 1. The lowest BCUT2D eigenvalue weighted by molar-refractivity contribution is -0.118. The molecule has 1 heterocycles. The largest absolute Gasteiger partial charge is 0.348 e. The highest BCUT2D eigenvalue weighted by Gasteiger charge is 2.24. The number of amides is 1. The first-order valence-electron chi connectivity index (χ1n) is 6.95. The molecular weight excluding hydrogens is 270 g/mol. The van der Waals surface area contributed by atoms with Crippen molar-refractivity contribution in [3.8, 4) is 6.07 Å². The van der Waals surface area contributed by atoms with Crippen LogP contribution in [-0.4, -0.2) is 16.9 Å². The van der Waals surface area contributed by atoms with Gasteiger partial charge in [0.05, 0.1) is 10.7 Å².